The Morgan fingerprint density at radius 3 is 1.32 bits per heavy atom. The third-order valence-electron chi connectivity index (χ3n) is 6.94. The molecule has 5 rings (SSSR count). The zero-order valence-corrected chi connectivity index (χ0v) is 19.8. The van der Waals surface area contributed by atoms with E-state index in [9.17, 15) is 9.59 Å². The van der Waals surface area contributed by atoms with Crippen molar-refractivity contribution in [3.8, 4) is 0 Å². The van der Waals surface area contributed by atoms with Crippen molar-refractivity contribution < 1.29 is 9.59 Å². The van der Waals surface area contributed by atoms with Gasteiger partial charge >= 0.3 is 0 Å². The molecule has 0 radical (unpaired) electrons. The van der Waals surface area contributed by atoms with Crippen molar-refractivity contribution in [3.63, 3.8) is 0 Å². The first-order valence-electron chi connectivity index (χ1n) is 11.4. The number of benzene rings is 2. The number of pyridine rings is 2. The Labute approximate surface area is 199 Å². The molecule has 34 heavy (non-hydrogen) atoms. The number of rotatable bonds is 0. The minimum Gasteiger partial charge on any atom is -0.287 e. The van der Waals surface area contributed by atoms with Crippen LogP contribution in [0.5, 0.6) is 0 Å². The Morgan fingerprint density at radius 1 is 0.529 bits per heavy atom. The summed E-state index contributed by atoms with van der Waals surface area (Å²) in [5, 5.41) is 0. The summed E-state index contributed by atoms with van der Waals surface area (Å²) in [7, 11) is 0. The zero-order valence-electron chi connectivity index (χ0n) is 19.8. The molecule has 0 unspecified atom stereocenters. The van der Waals surface area contributed by atoms with Gasteiger partial charge in [0, 0.05) is 22.0 Å². The van der Waals surface area contributed by atoms with Crippen molar-refractivity contribution in [2.75, 3.05) is 0 Å². The Kier molecular flexibility index (Phi) is 5.05. The number of fused-ring (bicyclic) bond motifs is 8. The number of carbonyl (C=O) groups is 2. The molecule has 0 aliphatic carbocycles. The molecule has 0 atom stereocenters. The van der Waals surface area contributed by atoms with E-state index in [1.807, 2.05) is 72.8 Å². The van der Waals surface area contributed by atoms with Gasteiger partial charge in [0.15, 0.2) is 0 Å². The van der Waals surface area contributed by atoms with Gasteiger partial charge in [0.05, 0.1) is 11.4 Å². The van der Waals surface area contributed by atoms with Gasteiger partial charge in [-0.3, -0.25) is 9.59 Å². The first-order chi connectivity index (χ1) is 16.2. The molecule has 4 aromatic rings. The molecule has 1 aliphatic rings. The summed E-state index contributed by atoms with van der Waals surface area (Å²) in [4.78, 5) is 36.5. The van der Waals surface area contributed by atoms with E-state index in [2.05, 4.69) is 27.7 Å². The number of carbonyl (C=O) groups excluding carboxylic acids is 2. The summed E-state index contributed by atoms with van der Waals surface area (Å²) in [6.45, 7) is 8.22. The number of hydrogen-bond acceptors (Lipinski definition) is 4. The quantitative estimate of drug-likeness (QED) is 0.337. The molecule has 0 N–H and O–H groups in total. The normalized spacial score (nSPS) is 16.2. The van der Waals surface area contributed by atoms with Gasteiger partial charge in [-0.1, -0.05) is 76.2 Å². The van der Waals surface area contributed by atoms with E-state index >= 15 is 0 Å². The van der Waals surface area contributed by atoms with Gasteiger partial charge in [-0.2, -0.15) is 0 Å². The van der Waals surface area contributed by atoms with Crippen LogP contribution in [-0.2, 0) is 10.8 Å². The van der Waals surface area contributed by atoms with E-state index in [-0.39, 0.29) is 11.6 Å². The lowest BCUT2D eigenvalue weighted by Gasteiger charge is -2.27. The lowest BCUT2D eigenvalue weighted by Crippen LogP contribution is -2.24. The molecular formula is C30H26N2O2. The van der Waals surface area contributed by atoms with E-state index < -0.39 is 10.8 Å². The highest BCUT2D eigenvalue weighted by molar-refractivity contribution is 6.08. The largest absolute Gasteiger partial charge is 0.287 e. The van der Waals surface area contributed by atoms with Gasteiger partial charge < -0.3 is 0 Å². The van der Waals surface area contributed by atoms with Crippen molar-refractivity contribution in [1.82, 2.24) is 9.97 Å². The Balaban J connectivity index is 1.80. The van der Waals surface area contributed by atoms with Gasteiger partial charge in [0.25, 0.3) is 0 Å². The lowest BCUT2D eigenvalue weighted by molar-refractivity contribution is 0.102. The summed E-state index contributed by atoms with van der Waals surface area (Å²) in [5.41, 5.74) is 4.37. The highest BCUT2D eigenvalue weighted by Gasteiger charge is 2.29. The van der Waals surface area contributed by atoms with Crippen LogP contribution in [0.2, 0.25) is 0 Å². The second-order valence-corrected chi connectivity index (χ2v) is 9.89. The van der Waals surface area contributed by atoms with Crippen LogP contribution in [-0.4, -0.2) is 21.5 Å². The molecule has 0 amide bonds. The average Bonchev–Trinajstić information content (AvgIpc) is 2.87. The van der Waals surface area contributed by atoms with Crippen LogP contribution in [0.25, 0.3) is 0 Å². The smallest absolute Gasteiger partial charge is 0.211 e. The first kappa shape index (κ1) is 21.9. The Hall–Kier alpha value is -3.92. The SMILES string of the molecule is CC1(C)c2cccc(c2)C(=O)c2cccc(n2)C(C)(C)c2cccc(c2)C(=O)c2cccc1n2. The maximum atomic E-state index is 13.5. The lowest BCUT2D eigenvalue weighted by atomic mass is 9.79. The van der Waals surface area contributed by atoms with Gasteiger partial charge in [0.1, 0.15) is 11.4 Å². The summed E-state index contributed by atoms with van der Waals surface area (Å²) in [6, 6.07) is 26.3. The van der Waals surface area contributed by atoms with E-state index in [1.54, 1.807) is 12.1 Å². The van der Waals surface area contributed by atoms with Crippen molar-refractivity contribution in [3.05, 3.63) is 130 Å². The summed E-state index contributed by atoms with van der Waals surface area (Å²) >= 11 is 0. The monoisotopic (exact) mass is 446 g/mol. The molecule has 3 heterocycles. The molecule has 0 spiro atoms. The molecular weight excluding hydrogens is 420 g/mol. The van der Waals surface area contributed by atoms with Gasteiger partial charge in [-0.05, 0) is 47.5 Å². The predicted octanol–water partition coefficient (Wildman–Crippen LogP) is 5.90. The molecule has 4 heteroatoms. The molecule has 0 saturated heterocycles. The van der Waals surface area contributed by atoms with Gasteiger partial charge in [-0.15, -0.1) is 0 Å². The van der Waals surface area contributed by atoms with Crippen LogP contribution in [0.1, 0.15) is 82.3 Å². The summed E-state index contributed by atoms with van der Waals surface area (Å²) < 4.78 is 0. The van der Waals surface area contributed by atoms with E-state index in [4.69, 9.17) is 9.97 Å². The predicted molar refractivity (Wildman–Crippen MR) is 132 cm³/mol. The van der Waals surface area contributed by atoms with Crippen LogP contribution < -0.4 is 0 Å². The maximum absolute atomic E-state index is 13.5. The van der Waals surface area contributed by atoms with Crippen LogP contribution in [0, 0.1) is 0 Å². The topological polar surface area (TPSA) is 59.9 Å². The average molecular weight is 447 g/mol. The van der Waals surface area contributed by atoms with Crippen molar-refractivity contribution in [1.29, 1.82) is 0 Å². The van der Waals surface area contributed by atoms with Crippen LogP contribution in [0.3, 0.4) is 0 Å². The molecule has 2 aromatic heterocycles. The third-order valence-corrected chi connectivity index (χ3v) is 6.94. The van der Waals surface area contributed by atoms with Crippen molar-refractivity contribution >= 4 is 11.6 Å². The molecule has 168 valence electrons. The highest BCUT2D eigenvalue weighted by Crippen LogP contribution is 2.34. The maximum Gasteiger partial charge on any atom is 0.211 e. The molecule has 2 aromatic carbocycles. The second kappa shape index (κ2) is 7.84. The molecule has 1 aliphatic heterocycles. The van der Waals surface area contributed by atoms with E-state index in [0.717, 1.165) is 22.5 Å². The number of hydrogen-bond donors (Lipinski definition) is 0. The van der Waals surface area contributed by atoms with E-state index in [0.29, 0.717) is 22.5 Å². The van der Waals surface area contributed by atoms with E-state index in [1.165, 1.54) is 0 Å². The minimum atomic E-state index is -0.511. The first-order valence-corrected chi connectivity index (χ1v) is 11.4. The van der Waals surface area contributed by atoms with Crippen LogP contribution in [0.15, 0.2) is 84.9 Å². The number of ketones is 2. The standard InChI is InChI=1S/C30H26N2O2/c1-29(2)21-11-5-9-19(17-21)27(33)24-14-8-16-26(32-24)30(3,4)22-12-6-10-20(18-22)28(34)23-13-7-15-25(29)31-23/h5-18H,1-4H3. The zero-order chi connectivity index (χ0) is 24.1. The van der Waals surface area contributed by atoms with Crippen molar-refractivity contribution in [2.24, 2.45) is 0 Å². The Morgan fingerprint density at radius 2 is 0.912 bits per heavy atom. The fraction of sp³-hybridized carbons (Fsp3) is 0.200. The van der Waals surface area contributed by atoms with Crippen LogP contribution in [0.4, 0.5) is 0 Å². The second-order valence-electron chi connectivity index (χ2n) is 9.89. The summed E-state index contributed by atoms with van der Waals surface area (Å²) in [5.74, 6) is -0.235. The van der Waals surface area contributed by atoms with Crippen LogP contribution >= 0.6 is 0 Å². The van der Waals surface area contributed by atoms with Crippen molar-refractivity contribution in [2.45, 2.75) is 38.5 Å². The Bertz CT molecular complexity index is 1240. The molecule has 8 bridgehead atoms. The molecule has 0 fully saturated rings. The summed E-state index contributed by atoms with van der Waals surface area (Å²) in [6.07, 6.45) is 0. The van der Waals surface area contributed by atoms with Gasteiger partial charge in [0.2, 0.25) is 11.6 Å². The number of aromatic nitrogens is 2. The number of nitrogens with zero attached hydrogens (tertiary/aromatic N) is 2. The third kappa shape index (κ3) is 3.56. The minimum absolute atomic E-state index is 0.118. The molecule has 0 saturated carbocycles. The molecule has 4 nitrogen and oxygen atoms in total. The fourth-order valence-corrected chi connectivity index (χ4v) is 4.51. The van der Waals surface area contributed by atoms with Gasteiger partial charge in [-0.25, -0.2) is 9.97 Å². The highest BCUT2D eigenvalue weighted by atomic mass is 16.1. The fourth-order valence-electron chi connectivity index (χ4n) is 4.51.